The van der Waals surface area contributed by atoms with Crippen molar-refractivity contribution in [3.05, 3.63) is 64.7 Å². The first-order valence-corrected chi connectivity index (χ1v) is 11.2. The summed E-state index contributed by atoms with van der Waals surface area (Å²) in [4.78, 5) is 39.2. The maximum absolute atomic E-state index is 13.7. The minimum absolute atomic E-state index is 0.0746. The van der Waals surface area contributed by atoms with Crippen molar-refractivity contribution in [2.24, 2.45) is 16.2 Å². The average molecular weight is 489 g/mol. The fraction of sp³-hybridized carbons (Fsp3) is 0.375. The van der Waals surface area contributed by atoms with Gasteiger partial charge >= 0.3 is 0 Å². The Morgan fingerprint density at radius 2 is 1.73 bits per heavy atom. The Labute approximate surface area is 189 Å². The van der Waals surface area contributed by atoms with Crippen molar-refractivity contribution in [2.45, 2.75) is 38.4 Å². The van der Waals surface area contributed by atoms with Crippen molar-refractivity contribution in [3.63, 3.8) is 0 Å². The summed E-state index contributed by atoms with van der Waals surface area (Å²) in [6.07, 6.45) is 1.28. The highest BCUT2D eigenvalue weighted by molar-refractivity contribution is 9.10. The summed E-state index contributed by atoms with van der Waals surface area (Å²) >= 11 is 9.70. The van der Waals surface area contributed by atoms with Gasteiger partial charge < -0.3 is 5.32 Å². The lowest BCUT2D eigenvalue weighted by atomic mass is 9.64. The van der Waals surface area contributed by atoms with Gasteiger partial charge in [0.05, 0.1) is 15.9 Å². The molecule has 3 atom stereocenters. The number of fused-ring (bicyclic) bond motifs is 2. The monoisotopic (exact) mass is 487 g/mol. The average Bonchev–Trinajstić information content (AvgIpc) is 3.00. The standard InChI is InChI=1S/C24H23BrClNO3/c1-22(2)23(3)11-12-24(22,19(25)20(23)29)21(30)27-17-10-9-15(26)13-16(17)18(28)14-7-5-4-6-8-14/h4-10,13,19H,11-12H2,1-3H3,(H,27,30)/t19-,23-,24+/m0/s1. The summed E-state index contributed by atoms with van der Waals surface area (Å²) in [5.41, 5.74) is -0.724. The van der Waals surface area contributed by atoms with Gasteiger partial charge in [0.15, 0.2) is 11.6 Å². The molecule has 0 spiro atoms. The van der Waals surface area contributed by atoms with E-state index in [2.05, 4.69) is 21.2 Å². The van der Waals surface area contributed by atoms with Gasteiger partial charge in [0, 0.05) is 21.6 Å². The topological polar surface area (TPSA) is 63.2 Å². The van der Waals surface area contributed by atoms with Crippen molar-refractivity contribution in [3.8, 4) is 0 Å². The maximum atomic E-state index is 13.7. The van der Waals surface area contributed by atoms with E-state index in [9.17, 15) is 14.4 Å². The van der Waals surface area contributed by atoms with Crippen molar-refractivity contribution in [1.29, 1.82) is 0 Å². The molecule has 0 radical (unpaired) electrons. The van der Waals surface area contributed by atoms with E-state index in [1.807, 2.05) is 26.8 Å². The van der Waals surface area contributed by atoms with Gasteiger partial charge in [-0.3, -0.25) is 14.4 Å². The zero-order chi connectivity index (χ0) is 21.9. The number of Topliss-reactive ketones (excluding diaryl/α,β-unsaturated/α-hetero) is 1. The van der Waals surface area contributed by atoms with Crippen LogP contribution in [-0.2, 0) is 9.59 Å². The molecular formula is C24H23BrClNO3. The quantitative estimate of drug-likeness (QED) is 0.445. The Hall–Kier alpha value is -1.98. The van der Waals surface area contributed by atoms with Crippen molar-refractivity contribution in [2.75, 3.05) is 5.32 Å². The van der Waals surface area contributed by atoms with Gasteiger partial charge in [0.2, 0.25) is 5.91 Å². The maximum Gasteiger partial charge on any atom is 0.232 e. The molecule has 0 aromatic heterocycles. The van der Waals surface area contributed by atoms with E-state index < -0.39 is 21.1 Å². The van der Waals surface area contributed by atoms with Crippen LogP contribution in [0.3, 0.4) is 0 Å². The number of halogens is 2. The Kier molecular flexibility index (Phi) is 4.98. The summed E-state index contributed by atoms with van der Waals surface area (Å²) < 4.78 is 0. The Morgan fingerprint density at radius 3 is 2.33 bits per heavy atom. The first-order chi connectivity index (χ1) is 14.1. The van der Waals surface area contributed by atoms with E-state index in [-0.39, 0.29) is 17.5 Å². The SMILES string of the molecule is CC1(C)[C@@]2(C)CC[C@]1(C(=O)Nc1ccc(Cl)cc1C(=O)c1ccccc1)[C@@H](Br)C2=O. The molecule has 2 aliphatic carbocycles. The lowest BCUT2D eigenvalue weighted by molar-refractivity contribution is -0.130. The molecule has 4 rings (SSSR count). The van der Waals surface area contributed by atoms with Gasteiger partial charge in [0.25, 0.3) is 0 Å². The second-order valence-corrected chi connectivity index (χ2v) is 10.3. The highest BCUT2D eigenvalue weighted by Gasteiger charge is 2.76. The van der Waals surface area contributed by atoms with Gasteiger partial charge in [-0.25, -0.2) is 0 Å². The molecule has 0 aliphatic heterocycles. The van der Waals surface area contributed by atoms with Crippen LogP contribution in [0.15, 0.2) is 48.5 Å². The van der Waals surface area contributed by atoms with E-state index in [1.165, 1.54) is 0 Å². The van der Waals surface area contributed by atoms with Gasteiger partial charge in [-0.1, -0.05) is 78.6 Å². The molecule has 1 N–H and O–H groups in total. The highest BCUT2D eigenvalue weighted by Crippen LogP contribution is 2.72. The normalized spacial score (nSPS) is 29.1. The van der Waals surface area contributed by atoms with E-state index in [0.717, 1.165) is 0 Å². The molecule has 2 bridgehead atoms. The third-order valence-electron chi connectivity index (χ3n) is 7.64. The zero-order valence-corrected chi connectivity index (χ0v) is 19.4. The second kappa shape index (κ2) is 7.03. The van der Waals surface area contributed by atoms with Crippen LogP contribution in [-0.4, -0.2) is 22.3 Å². The van der Waals surface area contributed by atoms with Crippen molar-refractivity contribution < 1.29 is 14.4 Å². The number of rotatable bonds is 4. The van der Waals surface area contributed by atoms with Crippen molar-refractivity contribution in [1.82, 2.24) is 0 Å². The molecule has 4 nitrogen and oxygen atoms in total. The summed E-state index contributed by atoms with van der Waals surface area (Å²) in [6, 6.07) is 13.7. The summed E-state index contributed by atoms with van der Waals surface area (Å²) in [6.45, 7) is 5.95. The van der Waals surface area contributed by atoms with E-state index in [1.54, 1.807) is 42.5 Å². The molecule has 0 saturated heterocycles. The van der Waals surface area contributed by atoms with Crippen LogP contribution in [0.4, 0.5) is 5.69 Å². The Bertz CT molecular complexity index is 1070. The molecule has 1 amide bonds. The Balaban J connectivity index is 1.73. The second-order valence-electron chi connectivity index (χ2n) is 8.99. The van der Waals surface area contributed by atoms with Crippen LogP contribution >= 0.6 is 27.5 Å². The molecular weight excluding hydrogens is 466 g/mol. The smallest absolute Gasteiger partial charge is 0.232 e. The van der Waals surface area contributed by atoms with Gasteiger partial charge in [0.1, 0.15) is 0 Å². The fourth-order valence-electron chi connectivity index (χ4n) is 5.25. The highest BCUT2D eigenvalue weighted by atomic mass is 79.9. The summed E-state index contributed by atoms with van der Waals surface area (Å²) in [5.74, 6) is -0.390. The molecule has 156 valence electrons. The van der Waals surface area contributed by atoms with Crippen LogP contribution in [0, 0.1) is 16.2 Å². The minimum atomic E-state index is -0.883. The van der Waals surface area contributed by atoms with Crippen LogP contribution < -0.4 is 5.32 Å². The number of carbonyl (C=O) groups is 3. The third-order valence-corrected chi connectivity index (χ3v) is 9.07. The number of hydrogen-bond donors (Lipinski definition) is 1. The minimum Gasteiger partial charge on any atom is -0.325 e. The number of ketones is 2. The molecule has 2 aromatic carbocycles. The molecule has 0 heterocycles. The number of alkyl halides is 1. The first-order valence-electron chi connectivity index (χ1n) is 9.95. The van der Waals surface area contributed by atoms with E-state index in [0.29, 0.717) is 34.7 Å². The molecule has 2 aromatic rings. The van der Waals surface area contributed by atoms with Crippen LogP contribution in [0.5, 0.6) is 0 Å². The first kappa shape index (κ1) is 21.3. The lowest BCUT2D eigenvalue weighted by Crippen LogP contribution is -2.48. The molecule has 30 heavy (non-hydrogen) atoms. The van der Waals surface area contributed by atoms with Crippen LogP contribution in [0.25, 0.3) is 0 Å². The molecule has 2 aliphatic rings. The molecule has 2 saturated carbocycles. The van der Waals surface area contributed by atoms with Gasteiger partial charge in [-0.15, -0.1) is 0 Å². The number of benzene rings is 2. The van der Waals surface area contributed by atoms with Crippen molar-refractivity contribution >= 4 is 50.7 Å². The lowest BCUT2D eigenvalue weighted by Gasteiger charge is -2.39. The number of anilines is 1. The van der Waals surface area contributed by atoms with Gasteiger partial charge in [-0.05, 0) is 36.5 Å². The predicted molar refractivity (Wildman–Crippen MR) is 121 cm³/mol. The number of amides is 1. The third kappa shape index (κ3) is 2.68. The number of carbonyl (C=O) groups excluding carboxylic acids is 3. The number of hydrogen-bond acceptors (Lipinski definition) is 3. The summed E-state index contributed by atoms with van der Waals surface area (Å²) in [7, 11) is 0. The largest absolute Gasteiger partial charge is 0.325 e. The van der Waals surface area contributed by atoms with Crippen LogP contribution in [0.2, 0.25) is 5.02 Å². The predicted octanol–water partition coefficient (Wildman–Crippen LogP) is 5.67. The Morgan fingerprint density at radius 1 is 1.07 bits per heavy atom. The van der Waals surface area contributed by atoms with E-state index in [4.69, 9.17) is 11.6 Å². The summed E-state index contributed by atoms with van der Waals surface area (Å²) in [5, 5.41) is 3.38. The molecule has 0 unspecified atom stereocenters. The van der Waals surface area contributed by atoms with Gasteiger partial charge in [-0.2, -0.15) is 0 Å². The number of nitrogens with one attached hydrogen (secondary N) is 1. The molecule has 2 fully saturated rings. The fourth-order valence-corrected chi connectivity index (χ4v) is 6.93. The zero-order valence-electron chi connectivity index (χ0n) is 17.1. The van der Waals surface area contributed by atoms with Crippen LogP contribution in [0.1, 0.15) is 49.5 Å². The van der Waals surface area contributed by atoms with E-state index >= 15 is 0 Å². The molecule has 6 heteroatoms.